The van der Waals surface area contributed by atoms with Crippen molar-refractivity contribution in [3.63, 3.8) is 0 Å². The van der Waals surface area contributed by atoms with Gasteiger partial charge in [-0.1, -0.05) is 25.1 Å². The van der Waals surface area contributed by atoms with Gasteiger partial charge in [0.25, 0.3) is 0 Å². The summed E-state index contributed by atoms with van der Waals surface area (Å²) in [6.07, 6.45) is 0. The van der Waals surface area contributed by atoms with Crippen LogP contribution in [0.2, 0.25) is 0 Å². The molecule has 1 aliphatic heterocycles. The summed E-state index contributed by atoms with van der Waals surface area (Å²) in [6.45, 7) is 5.56. The van der Waals surface area contributed by atoms with E-state index in [-0.39, 0.29) is 5.41 Å². The number of nitrogens with zero attached hydrogens (tertiary/aromatic N) is 1. The van der Waals surface area contributed by atoms with Gasteiger partial charge >= 0.3 is 0 Å². The first-order valence-corrected chi connectivity index (χ1v) is 5.50. The quantitative estimate of drug-likeness (QED) is 0.833. The molecule has 1 heterocycles. The van der Waals surface area contributed by atoms with E-state index in [9.17, 15) is 0 Å². The second kappa shape index (κ2) is 4.65. The molecule has 0 aliphatic carbocycles. The highest BCUT2D eigenvalue weighted by atomic mass is 16.5. The van der Waals surface area contributed by atoms with Gasteiger partial charge in [-0.3, -0.25) is 0 Å². The van der Waals surface area contributed by atoms with Gasteiger partial charge in [-0.05, 0) is 11.6 Å². The van der Waals surface area contributed by atoms with Gasteiger partial charge in [0, 0.05) is 18.5 Å². The van der Waals surface area contributed by atoms with Crippen LogP contribution in [0.4, 0.5) is 0 Å². The zero-order valence-electron chi connectivity index (χ0n) is 9.49. The molecule has 1 fully saturated rings. The summed E-state index contributed by atoms with van der Waals surface area (Å²) in [5, 5.41) is 12.3. The molecule has 3 heteroatoms. The Morgan fingerprint density at radius 1 is 1.44 bits per heavy atom. The molecule has 16 heavy (non-hydrogen) atoms. The summed E-state index contributed by atoms with van der Waals surface area (Å²) in [6, 6.07) is 9.91. The number of nitriles is 1. The van der Waals surface area contributed by atoms with Crippen molar-refractivity contribution >= 4 is 0 Å². The molecule has 2 rings (SSSR count). The molecule has 0 bridgehead atoms. The van der Waals surface area contributed by atoms with Crippen molar-refractivity contribution in [3.05, 3.63) is 35.4 Å². The third kappa shape index (κ3) is 2.41. The van der Waals surface area contributed by atoms with Gasteiger partial charge in [0.2, 0.25) is 0 Å². The van der Waals surface area contributed by atoms with E-state index in [1.54, 1.807) is 0 Å². The van der Waals surface area contributed by atoms with Crippen LogP contribution in [0.3, 0.4) is 0 Å². The molecule has 1 aromatic rings. The molecule has 1 saturated heterocycles. The molecule has 0 radical (unpaired) electrons. The van der Waals surface area contributed by atoms with E-state index in [2.05, 4.69) is 18.3 Å². The lowest BCUT2D eigenvalue weighted by molar-refractivity contribution is -0.0991. The van der Waals surface area contributed by atoms with Crippen LogP contribution in [0.25, 0.3) is 0 Å². The van der Waals surface area contributed by atoms with E-state index in [1.165, 1.54) is 0 Å². The summed E-state index contributed by atoms with van der Waals surface area (Å²) in [7, 11) is 0. The molecule has 0 amide bonds. The first kappa shape index (κ1) is 11.1. The second-order valence-corrected chi connectivity index (χ2v) is 4.68. The minimum Gasteiger partial charge on any atom is -0.380 e. The van der Waals surface area contributed by atoms with Gasteiger partial charge in [-0.15, -0.1) is 0 Å². The predicted molar refractivity (Wildman–Crippen MR) is 61.8 cm³/mol. The fourth-order valence-electron chi connectivity index (χ4n) is 1.84. The second-order valence-electron chi connectivity index (χ2n) is 4.68. The summed E-state index contributed by atoms with van der Waals surface area (Å²) < 4.78 is 5.19. The molecule has 1 N–H and O–H groups in total. The monoisotopic (exact) mass is 216 g/mol. The lowest BCUT2D eigenvalue weighted by Crippen LogP contribution is -2.47. The topological polar surface area (TPSA) is 45.0 Å². The Hall–Kier alpha value is -1.37. The maximum Gasteiger partial charge on any atom is 0.0995 e. The maximum atomic E-state index is 8.94. The number of hydrogen-bond acceptors (Lipinski definition) is 3. The molecular weight excluding hydrogens is 200 g/mol. The molecule has 0 aromatic heterocycles. The van der Waals surface area contributed by atoms with E-state index in [1.807, 2.05) is 24.3 Å². The van der Waals surface area contributed by atoms with Gasteiger partial charge in [-0.25, -0.2) is 0 Å². The van der Waals surface area contributed by atoms with Crippen LogP contribution in [-0.4, -0.2) is 19.8 Å². The van der Waals surface area contributed by atoms with Crippen LogP contribution in [0.15, 0.2) is 24.3 Å². The maximum absolute atomic E-state index is 8.94. The normalized spacial score (nSPS) is 17.5. The van der Waals surface area contributed by atoms with Gasteiger partial charge in [0.15, 0.2) is 0 Å². The van der Waals surface area contributed by atoms with Gasteiger partial charge in [0.1, 0.15) is 0 Å². The Bertz CT molecular complexity index is 405. The van der Waals surface area contributed by atoms with E-state index in [0.717, 1.165) is 37.4 Å². The Kier molecular flexibility index (Phi) is 3.23. The Morgan fingerprint density at radius 3 is 2.81 bits per heavy atom. The van der Waals surface area contributed by atoms with Crippen molar-refractivity contribution in [2.45, 2.75) is 13.5 Å². The van der Waals surface area contributed by atoms with Crippen molar-refractivity contribution < 1.29 is 4.74 Å². The highest BCUT2D eigenvalue weighted by Crippen LogP contribution is 2.25. The van der Waals surface area contributed by atoms with E-state index < -0.39 is 0 Å². The van der Waals surface area contributed by atoms with Crippen molar-refractivity contribution in [3.8, 4) is 6.07 Å². The van der Waals surface area contributed by atoms with Gasteiger partial charge in [0.05, 0.1) is 24.8 Å². The molecule has 84 valence electrons. The fraction of sp³-hybridized carbons (Fsp3) is 0.462. The van der Waals surface area contributed by atoms with Crippen molar-refractivity contribution in [1.29, 1.82) is 5.26 Å². The van der Waals surface area contributed by atoms with Crippen molar-refractivity contribution in [2.75, 3.05) is 19.8 Å². The molecule has 0 spiro atoms. The Morgan fingerprint density at radius 2 is 2.19 bits per heavy atom. The largest absolute Gasteiger partial charge is 0.380 e. The van der Waals surface area contributed by atoms with Crippen LogP contribution in [0.5, 0.6) is 0 Å². The number of benzene rings is 1. The molecule has 1 aromatic carbocycles. The number of rotatable bonds is 4. The highest BCUT2D eigenvalue weighted by molar-refractivity contribution is 5.37. The first-order chi connectivity index (χ1) is 7.73. The minimum absolute atomic E-state index is 0.279. The predicted octanol–water partition coefficient (Wildman–Crippen LogP) is 1.68. The molecule has 0 unspecified atom stereocenters. The van der Waals surface area contributed by atoms with E-state index in [4.69, 9.17) is 10.00 Å². The summed E-state index contributed by atoms with van der Waals surface area (Å²) in [4.78, 5) is 0. The van der Waals surface area contributed by atoms with Crippen LogP contribution >= 0.6 is 0 Å². The molecule has 0 saturated carbocycles. The van der Waals surface area contributed by atoms with Gasteiger partial charge < -0.3 is 10.1 Å². The van der Waals surface area contributed by atoms with Gasteiger partial charge in [-0.2, -0.15) is 5.26 Å². The van der Waals surface area contributed by atoms with Crippen LogP contribution in [-0.2, 0) is 11.3 Å². The van der Waals surface area contributed by atoms with Crippen molar-refractivity contribution in [1.82, 2.24) is 5.32 Å². The standard InChI is InChI=1S/C13H16N2O/c1-13(9-16-10-13)8-15-7-12-5-3-2-4-11(12)6-14/h2-5,15H,7-10H2,1H3. The summed E-state index contributed by atoms with van der Waals surface area (Å²) >= 11 is 0. The SMILES string of the molecule is CC1(CNCc2ccccc2C#N)COC1. The third-order valence-corrected chi connectivity index (χ3v) is 2.91. The third-order valence-electron chi connectivity index (χ3n) is 2.91. The lowest BCUT2D eigenvalue weighted by atomic mass is 9.88. The minimum atomic E-state index is 0.279. The summed E-state index contributed by atoms with van der Waals surface area (Å²) in [5.41, 5.74) is 2.10. The average Bonchev–Trinajstić information content (AvgIpc) is 2.27. The summed E-state index contributed by atoms with van der Waals surface area (Å²) in [5.74, 6) is 0. The van der Waals surface area contributed by atoms with E-state index >= 15 is 0 Å². The van der Waals surface area contributed by atoms with Crippen LogP contribution in [0.1, 0.15) is 18.1 Å². The Balaban J connectivity index is 1.87. The number of hydrogen-bond donors (Lipinski definition) is 1. The average molecular weight is 216 g/mol. The first-order valence-electron chi connectivity index (χ1n) is 5.50. The lowest BCUT2D eigenvalue weighted by Gasteiger charge is -2.38. The number of ether oxygens (including phenoxy) is 1. The van der Waals surface area contributed by atoms with Crippen LogP contribution < -0.4 is 5.32 Å². The smallest absolute Gasteiger partial charge is 0.0995 e. The molecule has 1 aliphatic rings. The highest BCUT2D eigenvalue weighted by Gasteiger charge is 2.32. The molecule has 3 nitrogen and oxygen atoms in total. The van der Waals surface area contributed by atoms with Crippen LogP contribution in [0, 0.1) is 16.7 Å². The fourth-order valence-corrected chi connectivity index (χ4v) is 1.84. The molecular formula is C13H16N2O. The Labute approximate surface area is 96.0 Å². The van der Waals surface area contributed by atoms with Crippen molar-refractivity contribution in [2.24, 2.45) is 5.41 Å². The molecule has 0 atom stereocenters. The number of nitrogens with one attached hydrogen (secondary N) is 1. The zero-order valence-corrected chi connectivity index (χ0v) is 9.49. The zero-order chi connectivity index (χ0) is 11.4. The van der Waals surface area contributed by atoms with E-state index in [0.29, 0.717) is 0 Å².